The Kier molecular flexibility index (Phi) is 7.91. The van der Waals surface area contributed by atoms with Crippen LogP contribution in [0.4, 0.5) is 11.6 Å². The van der Waals surface area contributed by atoms with Gasteiger partial charge in [0.1, 0.15) is 0 Å². The van der Waals surface area contributed by atoms with E-state index < -0.39 is 5.97 Å². The van der Waals surface area contributed by atoms with Gasteiger partial charge in [0.15, 0.2) is 6.61 Å². The topological polar surface area (TPSA) is 108 Å². The molecule has 0 unspecified atom stereocenters. The first-order valence-corrected chi connectivity index (χ1v) is 8.91. The van der Waals surface area contributed by atoms with E-state index in [0.717, 1.165) is 11.1 Å². The average molecular weight is 381 g/mol. The van der Waals surface area contributed by atoms with Crippen LogP contribution in [-0.4, -0.2) is 41.5 Å². The van der Waals surface area contributed by atoms with Crippen molar-refractivity contribution in [1.82, 2.24) is 9.97 Å². The zero-order chi connectivity index (χ0) is 20.4. The Morgan fingerprint density at radius 1 is 1.18 bits per heavy atom. The number of carbonyl (C=O) groups is 2. The minimum atomic E-state index is -0.502. The van der Waals surface area contributed by atoms with Crippen molar-refractivity contribution in [2.45, 2.75) is 26.7 Å². The smallest absolute Gasteiger partial charge is 0.308 e. The van der Waals surface area contributed by atoms with E-state index in [1.807, 2.05) is 38.1 Å². The molecule has 8 heteroatoms. The van der Waals surface area contributed by atoms with Gasteiger partial charge in [0.2, 0.25) is 5.95 Å². The first-order chi connectivity index (χ1) is 13.5. The van der Waals surface area contributed by atoms with Gasteiger partial charge in [-0.3, -0.25) is 9.59 Å². The molecule has 1 heterocycles. The summed E-state index contributed by atoms with van der Waals surface area (Å²) in [4.78, 5) is 33.9. The van der Waals surface area contributed by atoms with Crippen molar-refractivity contribution in [3.8, 4) is 6.07 Å². The zero-order valence-corrected chi connectivity index (χ0v) is 16.0. The Labute approximate surface area is 164 Å². The maximum atomic E-state index is 12.6. The fourth-order valence-electron chi connectivity index (χ4n) is 2.63. The monoisotopic (exact) mass is 381 g/mol. The van der Waals surface area contributed by atoms with Gasteiger partial charge in [-0.05, 0) is 43.2 Å². The van der Waals surface area contributed by atoms with Gasteiger partial charge in [0, 0.05) is 31.2 Å². The number of esters is 1. The molecule has 0 saturated heterocycles. The first-order valence-electron chi connectivity index (χ1n) is 8.91. The number of nitrogens with one attached hydrogen (secondary N) is 1. The second kappa shape index (κ2) is 10.6. The van der Waals surface area contributed by atoms with Crippen LogP contribution in [0.1, 0.15) is 24.0 Å². The summed E-state index contributed by atoms with van der Waals surface area (Å²) in [6.45, 7) is 4.04. The maximum absolute atomic E-state index is 12.6. The van der Waals surface area contributed by atoms with Gasteiger partial charge in [0.05, 0.1) is 18.9 Å². The van der Waals surface area contributed by atoms with Crippen molar-refractivity contribution < 1.29 is 14.3 Å². The van der Waals surface area contributed by atoms with Crippen molar-refractivity contribution in [1.29, 1.82) is 5.26 Å². The number of nitriles is 1. The van der Waals surface area contributed by atoms with Gasteiger partial charge < -0.3 is 15.0 Å². The van der Waals surface area contributed by atoms with E-state index in [1.54, 1.807) is 18.5 Å². The summed E-state index contributed by atoms with van der Waals surface area (Å²) in [6, 6.07) is 9.47. The lowest BCUT2D eigenvalue weighted by molar-refractivity contribution is -0.147. The van der Waals surface area contributed by atoms with E-state index in [9.17, 15) is 9.59 Å². The van der Waals surface area contributed by atoms with Gasteiger partial charge >= 0.3 is 5.97 Å². The number of rotatable bonds is 9. The molecule has 1 aromatic carbocycles. The largest absolute Gasteiger partial charge is 0.455 e. The molecule has 1 aromatic heterocycles. The highest BCUT2D eigenvalue weighted by Gasteiger charge is 2.18. The van der Waals surface area contributed by atoms with Gasteiger partial charge in [-0.15, -0.1) is 0 Å². The van der Waals surface area contributed by atoms with Crippen LogP contribution < -0.4 is 10.2 Å². The van der Waals surface area contributed by atoms with Crippen LogP contribution in [-0.2, 0) is 14.3 Å². The average Bonchev–Trinajstić information content (AvgIpc) is 2.67. The quantitative estimate of drug-likeness (QED) is 0.664. The number of benzene rings is 1. The lowest BCUT2D eigenvalue weighted by atomic mass is 10.1. The molecule has 2 rings (SSSR count). The molecule has 0 aliphatic carbocycles. The minimum absolute atomic E-state index is 0.0767. The third-order valence-electron chi connectivity index (χ3n) is 3.80. The molecule has 1 amide bonds. The minimum Gasteiger partial charge on any atom is -0.455 e. The Hall–Kier alpha value is -3.47. The van der Waals surface area contributed by atoms with Gasteiger partial charge in [-0.2, -0.15) is 5.26 Å². The summed E-state index contributed by atoms with van der Waals surface area (Å²) in [6.07, 6.45) is 3.45. The van der Waals surface area contributed by atoms with Gasteiger partial charge in [-0.1, -0.05) is 6.07 Å². The summed E-state index contributed by atoms with van der Waals surface area (Å²) in [5, 5.41) is 11.8. The van der Waals surface area contributed by atoms with Gasteiger partial charge in [0.25, 0.3) is 5.91 Å². The third-order valence-corrected chi connectivity index (χ3v) is 3.80. The standard InChI is InChI=1S/C20H23N5O3/c1-15-11-16(2)13-17(12-15)25(10-3-6-21)18(26)14-28-19(27)5-9-24-20-22-7-4-8-23-20/h4,7-8,11-13H,3,5,9-10,14H2,1-2H3,(H,22,23,24). The summed E-state index contributed by atoms with van der Waals surface area (Å²) in [5.74, 6) is -0.450. The maximum Gasteiger partial charge on any atom is 0.308 e. The Morgan fingerprint density at radius 2 is 1.86 bits per heavy atom. The molecule has 0 spiro atoms. The number of aryl methyl sites for hydroxylation is 2. The molecule has 0 saturated carbocycles. The summed E-state index contributed by atoms with van der Waals surface area (Å²) < 4.78 is 5.09. The Morgan fingerprint density at radius 3 is 2.50 bits per heavy atom. The Balaban J connectivity index is 1.88. The molecule has 28 heavy (non-hydrogen) atoms. The second-order valence-corrected chi connectivity index (χ2v) is 6.21. The molecule has 146 valence electrons. The van der Waals surface area contributed by atoms with E-state index in [1.165, 1.54) is 4.90 Å². The van der Waals surface area contributed by atoms with Crippen molar-refractivity contribution >= 4 is 23.5 Å². The fraction of sp³-hybridized carbons (Fsp3) is 0.350. The molecular weight excluding hydrogens is 358 g/mol. The van der Waals surface area contributed by atoms with Crippen molar-refractivity contribution in [2.24, 2.45) is 0 Å². The number of ether oxygens (including phenoxy) is 1. The molecule has 1 N–H and O–H groups in total. The van der Waals surface area contributed by atoms with E-state index >= 15 is 0 Å². The molecule has 2 aromatic rings. The molecule has 0 fully saturated rings. The van der Waals surface area contributed by atoms with Crippen LogP contribution in [0.3, 0.4) is 0 Å². The number of hydrogen-bond acceptors (Lipinski definition) is 7. The van der Waals surface area contributed by atoms with Crippen LogP contribution in [0, 0.1) is 25.2 Å². The highest BCUT2D eigenvalue weighted by Crippen LogP contribution is 2.19. The lowest BCUT2D eigenvalue weighted by Gasteiger charge is -2.22. The van der Waals surface area contributed by atoms with E-state index in [4.69, 9.17) is 10.00 Å². The van der Waals surface area contributed by atoms with Crippen LogP contribution >= 0.6 is 0 Å². The van der Waals surface area contributed by atoms with Crippen LogP contribution in [0.15, 0.2) is 36.7 Å². The van der Waals surface area contributed by atoms with Crippen molar-refractivity contribution in [3.05, 3.63) is 47.8 Å². The highest BCUT2D eigenvalue weighted by atomic mass is 16.5. The number of hydrogen-bond donors (Lipinski definition) is 1. The van der Waals surface area contributed by atoms with Crippen molar-refractivity contribution in [2.75, 3.05) is 29.9 Å². The normalized spacial score (nSPS) is 10.0. The summed E-state index contributed by atoms with van der Waals surface area (Å²) in [7, 11) is 0. The molecular formula is C20H23N5O3. The lowest BCUT2D eigenvalue weighted by Crippen LogP contribution is -2.35. The third kappa shape index (κ3) is 6.68. The number of aromatic nitrogens is 2. The second-order valence-electron chi connectivity index (χ2n) is 6.21. The predicted molar refractivity (Wildman–Crippen MR) is 105 cm³/mol. The van der Waals surface area contributed by atoms with E-state index in [2.05, 4.69) is 15.3 Å². The summed E-state index contributed by atoms with van der Waals surface area (Å²) >= 11 is 0. The van der Waals surface area contributed by atoms with E-state index in [-0.39, 0.29) is 31.9 Å². The highest BCUT2D eigenvalue weighted by molar-refractivity contribution is 5.95. The predicted octanol–water partition coefficient (Wildman–Crippen LogP) is 2.39. The molecule has 0 aliphatic heterocycles. The number of amides is 1. The molecule has 0 radical (unpaired) electrons. The summed E-state index contributed by atoms with van der Waals surface area (Å²) in [5.41, 5.74) is 2.71. The molecule has 0 atom stereocenters. The SMILES string of the molecule is Cc1cc(C)cc(N(CCC#N)C(=O)COC(=O)CCNc2ncccn2)c1. The fourth-order valence-corrected chi connectivity index (χ4v) is 2.63. The zero-order valence-electron chi connectivity index (χ0n) is 16.0. The van der Waals surface area contributed by atoms with E-state index in [0.29, 0.717) is 18.2 Å². The Bertz CT molecular complexity index is 828. The number of anilines is 2. The molecule has 0 bridgehead atoms. The van der Waals surface area contributed by atoms with Crippen LogP contribution in [0.25, 0.3) is 0 Å². The number of carbonyl (C=O) groups excluding carboxylic acids is 2. The first kappa shape index (κ1) is 20.8. The van der Waals surface area contributed by atoms with Crippen LogP contribution in [0.2, 0.25) is 0 Å². The molecule has 0 aliphatic rings. The molecule has 8 nitrogen and oxygen atoms in total. The number of nitrogens with zero attached hydrogens (tertiary/aromatic N) is 4. The van der Waals surface area contributed by atoms with Crippen LogP contribution in [0.5, 0.6) is 0 Å². The van der Waals surface area contributed by atoms with Gasteiger partial charge in [-0.25, -0.2) is 9.97 Å². The van der Waals surface area contributed by atoms with Crippen molar-refractivity contribution in [3.63, 3.8) is 0 Å².